The summed E-state index contributed by atoms with van der Waals surface area (Å²) in [5.41, 5.74) is 7.91. The van der Waals surface area contributed by atoms with E-state index in [1.807, 2.05) is 0 Å². The highest BCUT2D eigenvalue weighted by molar-refractivity contribution is 5.30. The minimum Gasteiger partial charge on any atom is -0.369 e. The molecule has 0 aliphatic rings. The molecule has 0 aliphatic carbocycles. The molecule has 0 saturated heterocycles. The van der Waals surface area contributed by atoms with Crippen LogP contribution in [0.5, 0.6) is 0 Å². The first-order valence-electron chi connectivity index (χ1n) is 4.30. The van der Waals surface area contributed by atoms with Crippen LogP contribution >= 0.6 is 0 Å². The van der Waals surface area contributed by atoms with Crippen molar-refractivity contribution in [1.82, 2.24) is 9.97 Å². The van der Waals surface area contributed by atoms with Gasteiger partial charge in [-0.15, -0.1) is 0 Å². The molecule has 0 aromatic carbocycles. The van der Waals surface area contributed by atoms with Crippen LogP contribution in [0.15, 0.2) is 0 Å². The van der Waals surface area contributed by atoms with Crippen LogP contribution in [0.3, 0.4) is 0 Å². The van der Waals surface area contributed by atoms with Crippen LogP contribution in [0.2, 0.25) is 0 Å². The number of aromatic nitrogens is 2. The molecule has 0 bridgehead atoms. The van der Waals surface area contributed by atoms with Crippen molar-refractivity contribution in [1.29, 1.82) is 0 Å². The molecule has 1 aromatic rings. The van der Waals surface area contributed by atoms with Crippen LogP contribution in [0.25, 0.3) is 0 Å². The summed E-state index contributed by atoms with van der Waals surface area (Å²) in [6.45, 7) is 8.52. The summed E-state index contributed by atoms with van der Waals surface area (Å²) >= 11 is 0. The Hall–Kier alpha value is -0.990. The topological polar surface area (TPSA) is 54.7 Å². The van der Waals surface area contributed by atoms with Crippen LogP contribution in [-0.2, 0) is 11.8 Å². The monoisotopic (exact) mass is 167 g/mol. The summed E-state index contributed by atoms with van der Waals surface area (Å²) in [7, 11) is 0. The van der Waals surface area contributed by atoms with Gasteiger partial charge in [0.15, 0.2) is 5.95 Å². The van der Waals surface area contributed by atoms with Crippen LogP contribution in [0, 0.1) is 0 Å². The average Bonchev–Trinajstić information content (AvgIpc) is 2.29. The standard InChI is InChI=1S/C9H17N3/c1-5-6-7(9(2,3)4)12-8(10)11-6/h5H2,1-4H3,(H3,10,11,12). The van der Waals surface area contributed by atoms with Crippen LogP contribution < -0.4 is 5.73 Å². The van der Waals surface area contributed by atoms with Crippen molar-refractivity contribution in [2.24, 2.45) is 0 Å². The lowest BCUT2D eigenvalue weighted by molar-refractivity contribution is 0.565. The van der Waals surface area contributed by atoms with Gasteiger partial charge in [0.05, 0.1) is 5.69 Å². The fourth-order valence-electron chi connectivity index (χ4n) is 1.31. The third-order valence-corrected chi connectivity index (χ3v) is 1.86. The zero-order chi connectivity index (χ0) is 9.35. The van der Waals surface area contributed by atoms with Crippen LogP contribution in [-0.4, -0.2) is 9.97 Å². The first kappa shape index (κ1) is 9.10. The number of aryl methyl sites for hydroxylation is 1. The van der Waals surface area contributed by atoms with Crippen LogP contribution in [0.4, 0.5) is 5.95 Å². The SMILES string of the molecule is CCc1[nH]c(N)nc1C(C)(C)C. The second-order valence-corrected chi connectivity index (χ2v) is 4.05. The van der Waals surface area contributed by atoms with E-state index in [4.69, 9.17) is 5.73 Å². The number of imidazole rings is 1. The molecule has 1 rings (SSSR count). The fourth-order valence-corrected chi connectivity index (χ4v) is 1.31. The smallest absolute Gasteiger partial charge is 0.197 e. The van der Waals surface area contributed by atoms with Gasteiger partial charge in [-0.25, -0.2) is 4.98 Å². The summed E-state index contributed by atoms with van der Waals surface area (Å²) in [4.78, 5) is 7.34. The fraction of sp³-hybridized carbons (Fsp3) is 0.667. The molecule has 12 heavy (non-hydrogen) atoms. The molecule has 0 fully saturated rings. The number of nitrogen functional groups attached to an aromatic ring is 1. The van der Waals surface area contributed by atoms with E-state index in [0.29, 0.717) is 5.95 Å². The van der Waals surface area contributed by atoms with E-state index in [1.165, 1.54) is 0 Å². The van der Waals surface area contributed by atoms with E-state index in [2.05, 4.69) is 37.7 Å². The van der Waals surface area contributed by atoms with Gasteiger partial charge in [-0.2, -0.15) is 0 Å². The number of rotatable bonds is 1. The molecule has 0 saturated carbocycles. The van der Waals surface area contributed by atoms with Crippen molar-refractivity contribution in [2.75, 3.05) is 5.73 Å². The van der Waals surface area contributed by atoms with Gasteiger partial charge in [-0.05, 0) is 6.42 Å². The second-order valence-electron chi connectivity index (χ2n) is 4.05. The molecule has 3 N–H and O–H groups in total. The Bertz CT molecular complexity index is 268. The molecule has 0 amide bonds. The molecule has 1 aromatic heterocycles. The van der Waals surface area contributed by atoms with Gasteiger partial charge in [0.2, 0.25) is 0 Å². The molecule has 1 heterocycles. The number of hydrogen-bond donors (Lipinski definition) is 2. The van der Waals surface area contributed by atoms with Crippen molar-refractivity contribution < 1.29 is 0 Å². The number of nitrogens with two attached hydrogens (primary N) is 1. The summed E-state index contributed by atoms with van der Waals surface area (Å²) in [5.74, 6) is 0.525. The van der Waals surface area contributed by atoms with E-state index < -0.39 is 0 Å². The van der Waals surface area contributed by atoms with Gasteiger partial charge in [-0.3, -0.25) is 0 Å². The maximum absolute atomic E-state index is 5.58. The Morgan fingerprint density at radius 1 is 1.42 bits per heavy atom. The van der Waals surface area contributed by atoms with E-state index >= 15 is 0 Å². The molecule has 68 valence electrons. The summed E-state index contributed by atoms with van der Waals surface area (Å²) < 4.78 is 0. The van der Waals surface area contributed by atoms with Crippen LogP contribution in [0.1, 0.15) is 39.1 Å². The minimum atomic E-state index is 0.0828. The van der Waals surface area contributed by atoms with Gasteiger partial charge in [-0.1, -0.05) is 27.7 Å². The summed E-state index contributed by atoms with van der Waals surface area (Å²) in [6.07, 6.45) is 0.955. The molecule has 3 heteroatoms. The molecule has 3 nitrogen and oxygen atoms in total. The van der Waals surface area contributed by atoms with Crippen molar-refractivity contribution in [3.05, 3.63) is 11.4 Å². The highest BCUT2D eigenvalue weighted by Gasteiger charge is 2.20. The first-order valence-corrected chi connectivity index (χ1v) is 4.30. The lowest BCUT2D eigenvalue weighted by Crippen LogP contribution is -2.14. The number of nitrogens with one attached hydrogen (secondary N) is 1. The highest BCUT2D eigenvalue weighted by Crippen LogP contribution is 2.24. The largest absolute Gasteiger partial charge is 0.369 e. The van der Waals surface area contributed by atoms with E-state index in [9.17, 15) is 0 Å². The van der Waals surface area contributed by atoms with E-state index in [1.54, 1.807) is 0 Å². The number of nitrogens with zero attached hydrogens (tertiary/aromatic N) is 1. The molecular weight excluding hydrogens is 150 g/mol. The normalized spacial score (nSPS) is 12.0. The Kier molecular flexibility index (Phi) is 2.13. The van der Waals surface area contributed by atoms with Gasteiger partial charge in [0.1, 0.15) is 0 Å². The quantitative estimate of drug-likeness (QED) is 0.670. The van der Waals surface area contributed by atoms with Crippen molar-refractivity contribution in [2.45, 2.75) is 39.5 Å². The molecule has 0 unspecified atom stereocenters. The van der Waals surface area contributed by atoms with Gasteiger partial charge >= 0.3 is 0 Å². The maximum Gasteiger partial charge on any atom is 0.197 e. The molecule has 0 spiro atoms. The Labute approximate surface area is 73.4 Å². The van der Waals surface area contributed by atoms with Crippen molar-refractivity contribution >= 4 is 5.95 Å². The van der Waals surface area contributed by atoms with Gasteiger partial charge in [0.25, 0.3) is 0 Å². The minimum absolute atomic E-state index is 0.0828. The van der Waals surface area contributed by atoms with Gasteiger partial charge < -0.3 is 10.7 Å². The summed E-state index contributed by atoms with van der Waals surface area (Å²) in [5, 5.41) is 0. The zero-order valence-electron chi connectivity index (χ0n) is 8.23. The number of hydrogen-bond acceptors (Lipinski definition) is 2. The highest BCUT2D eigenvalue weighted by atomic mass is 15.0. The summed E-state index contributed by atoms with van der Waals surface area (Å²) in [6, 6.07) is 0. The Morgan fingerprint density at radius 2 is 2.00 bits per heavy atom. The molecular formula is C9H17N3. The first-order chi connectivity index (χ1) is 5.45. The predicted octanol–water partition coefficient (Wildman–Crippen LogP) is 1.85. The lowest BCUT2D eigenvalue weighted by atomic mass is 9.90. The lowest BCUT2D eigenvalue weighted by Gasteiger charge is -2.16. The van der Waals surface area contributed by atoms with Gasteiger partial charge in [0, 0.05) is 11.1 Å². The van der Waals surface area contributed by atoms with E-state index in [0.717, 1.165) is 17.8 Å². The predicted molar refractivity (Wildman–Crippen MR) is 51.1 cm³/mol. The number of aromatic amines is 1. The molecule has 0 atom stereocenters. The second kappa shape index (κ2) is 2.81. The molecule has 0 radical (unpaired) electrons. The van der Waals surface area contributed by atoms with Crippen molar-refractivity contribution in [3.8, 4) is 0 Å². The maximum atomic E-state index is 5.58. The van der Waals surface area contributed by atoms with Crippen molar-refractivity contribution in [3.63, 3.8) is 0 Å². The third-order valence-electron chi connectivity index (χ3n) is 1.86. The zero-order valence-corrected chi connectivity index (χ0v) is 8.23. The number of anilines is 1. The number of H-pyrrole nitrogens is 1. The van der Waals surface area contributed by atoms with E-state index in [-0.39, 0.29) is 5.41 Å². The third kappa shape index (κ3) is 1.60. The molecule has 0 aliphatic heterocycles. The average molecular weight is 167 g/mol. The Morgan fingerprint density at radius 3 is 2.33 bits per heavy atom. The Balaban J connectivity index is 3.13.